The number of aromatic nitrogens is 2. The minimum absolute atomic E-state index is 0.0246. The van der Waals surface area contributed by atoms with Crippen LogP contribution in [0.3, 0.4) is 0 Å². The van der Waals surface area contributed by atoms with Gasteiger partial charge in [0.05, 0.1) is 32.0 Å². The summed E-state index contributed by atoms with van der Waals surface area (Å²) in [5.41, 5.74) is 1.92. The van der Waals surface area contributed by atoms with E-state index in [0.717, 1.165) is 16.8 Å². The smallest absolute Gasteiger partial charge is 0.316 e. The summed E-state index contributed by atoms with van der Waals surface area (Å²) in [5.74, 6) is 0.580. The quantitative estimate of drug-likeness (QED) is 0.669. The summed E-state index contributed by atoms with van der Waals surface area (Å²) in [7, 11) is 2.98. The molecule has 1 heterocycles. The summed E-state index contributed by atoms with van der Waals surface area (Å²) in [6.45, 7) is 2.22. The number of anilines is 2. The number of ether oxygens (including phenoxy) is 2. The van der Waals surface area contributed by atoms with Crippen LogP contribution in [0, 0.1) is 12.7 Å². The predicted octanol–water partition coefficient (Wildman–Crippen LogP) is 4.15. The zero-order valence-corrected chi connectivity index (χ0v) is 16.4. The third kappa shape index (κ3) is 4.26. The van der Waals surface area contributed by atoms with Crippen LogP contribution in [0.4, 0.5) is 16.0 Å². The highest BCUT2D eigenvalue weighted by Gasteiger charge is 2.12. The van der Waals surface area contributed by atoms with Crippen molar-refractivity contribution >= 4 is 23.2 Å². The number of benzene rings is 2. The van der Waals surface area contributed by atoms with Crippen molar-refractivity contribution in [1.29, 1.82) is 0 Å². The van der Waals surface area contributed by atoms with Gasteiger partial charge in [-0.05, 0) is 36.2 Å². The lowest BCUT2D eigenvalue weighted by molar-refractivity contribution is 0.402. The summed E-state index contributed by atoms with van der Waals surface area (Å²) in [5, 5.41) is 3.19. The van der Waals surface area contributed by atoms with Crippen LogP contribution in [0.2, 0.25) is 5.02 Å². The lowest BCUT2D eigenvalue weighted by Crippen LogP contribution is -2.19. The number of methoxy groups -OCH3 is 2. The van der Waals surface area contributed by atoms with Crippen LogP contribution < -0.4 is 20.3 Å². The Balaban J connectivity index is 2.03. The molecule has 0 spiro atoms. The molecule has 0 fully saturated rings. The minimum atomic E-state index is -0.501. The first-order chi connectivity index (χ1) is 13.4. The first-order valence-corrected chi connectivity index (χ1v) is 8.80. The van der Waals surface area contributed by atoms with Gasteiger partial charge in [-0.2, -0.15) is 4.98 Å². The van der Waals surface area contributed by atoms with Gasteiger partial charge in [-0.25, -0.2) is 4.39 Å². The van der Waals surface area contributed by atoms with Gasteiger partial charge < -0.3 is 19.4 Å². The molecule has 0 amide bonds. The summed E-state index contributed by atoms with van der Waals surface area (Å²) in [6, 6.07) is 9.99. The standard InChI is InChI=1S/C20H19ClFN3O3/c1-12-4-6-14(27-2)9-17(12)23-20-24-19(26)18(28-3)11-25(20)10-13-5-7-16(22)15(21)8-13/h4-9,11H,10H2,1-3H3,(H,23,24,26). The number of halogens is 2. The maximum atomic E-state index is 13.5. The molecule has 0 aliphatic carbocycles. The Morgan fingerprint density at radius 2 is 1.96 bits per heavy atom. The number of hydrogen-bond donors (Lipinski definition) is 1. The average Bonchev–Trinajstić information content (AvgIpc) is 2.68. The molecule has 3 rings (SSSR count). The van der Waals surface area contributed by atoms with Gasteiger partial charge in [0.25, 0.3) is 0 Å². The molecule has 28 heavy (non-hydrogen) atoms. The van der Waals surface area contributed by atoms with Gasteiger partial charge in [0, 0.05) is 11.8 Å². The third-order valence-electron chi connectivity index (χ3n) is 4.21. The number of rotatable bonds is 6. The first-order valence-electron chi connectivity index (χ1n) is 8.42. The van der Waals surface area contributed by atoms with E-state index in [2.05, 4.69) is 10.3 Å². The molecule has 2 aromatic carbocycles. The van der Waals surface area contributed by atoms with Gasteiger partial charge in [0.15, 0.2) is 0 Å². The van der Waals surface area contributed by atoms with Crippen molar-refractivity contribution < 1.29 is 13.9 Å². The topological polar surface area (TPSA) is 65.4 Å². The van der Waals surface area contributed by atoms with E-state index in [-0.39, 0.29) is 10.8 Å². The second kappa shape index (κ2) is 8.31. The van der Waals surface area contributed by atoms with Crippen molar-refractivity contribution in [3.8, 4) is 11.5 Å². The zero-order chi connectivity index (χ0) is 20.3. The van der Waals surface area contributed by atoms with E-state index in [1.165, 1.54) is 19.2 Å². The maximum absolute atomic E-state index is 13.5. The van der Waals surface area contributed by atoms with E-state index >= 15 is 0 Å². The molecule has 0 saturated heterocycles. The Morgan fingerprint density at radius 1 is 1.18 bits per heavy atom. The fraction of sp³-hybridized carbons (Fsp3) is 0.200. The number of nitrogens with zero attached hydrogens (tertiary/aromatic N) is 2. The monoisotopic (exact) mass is 403 g/mol. The Bertz CT molecular complexity index is 1070. The number of hydrogen-bond acceptors (Lipinski definition) is 5. The highest BCUT2D eigenvalue weighted by atomic mass is 35.5. The number of aryl methyl sites for hydroxylation is 1. The van der Waals surface area contributed by atoms with Crippen LogP contribution in [0.1, 0.15) is 11.1 Å². The number of nitrogens with one attached hydrogen (secondary N) is 1. The zero-order valence-electron chi connectivity index (χ0n) is 15.6. The highest BCUT2D eigenvalue weighted by Crippen LogP contribution is 2.25. The van der Waals surface area contributed by atoms with Gasteiger partial charge in [-0.1, -0.05) is 23.7 Å². The van der Waals surface area contributed by atoms with E-state index < -0.39 is 11.4 Å². The molecule has 1 aromatic heterocycles. The Kier molecular flexibility index (Phi) is 5.84. The molecule has 0 radical (unpaired) electrons. The molecule has 0 saturated carbocycles. The summed E-state index contributed by atoms with van der Waals surface area (Å²) in [4.78, 5) is 16.3. The molecule has 0 atom stereocenters. The Morgan fingerprint density at radius 3 is 2.64 bits per heavy atom. The second-order valence-electron chi connectivity index (χ2n) is 6.12. The molecule has 0 bridgehead atoms. The van der Waals surface area contributed by atoms with Crippen molar-refractivity contribution in [2.45, 2.75) is 13.5 Å². The van der Waals surface area contributed by atoms with Crippen LogP contribution in [-0.4, -0.2) is 23.8 Å². The van der Waals surface area contributed by atoms with E-state index in [1.54, 1.807) is 23.9 Å². The molecule has 0 unspecified atom stereocenters. The van der Waals surface area contributed by atoms with Crippen molar-refractivity contribution in [1.82, 2.24) is 9.55 Å². The molecular formula is C20H19ClFN3O3. The van der Waals surface area contributed by atoms with Crippen molar-refractivity contribution in [2.75, 3.05) is 19.5 Å². The molecule has 3 aromatic rings. The van der Waals surface area contributed by atoms with Gasteiger partial charge in [0.2, 0.25) is 11.7 Å². The van der Waals surface area contributed by atoms with Crippen molar-refractivity contribution in [2.24, 2.45) is 0 Å². The van der Waals surface area contributed by atoms with Crippen LogP contribution in [-0.2, 0) is 6.54 Å². The van der Waals surface area contributed by atoms with E-state index in [0.29, 0.717) is 18.2 Å². The molecule has 0 aliphatic heterocycles. The van der Waals surface area contributed by atoms with Crippen molar-refractivity contribution in [3.63, 3.8) is 0 Å². The van der Waals surface area contributed by atoms with Gasteiger partial charge in [0.1, 0.15) is 11.6 Å². The van der Waals surface area contributed by atoms with E-state index in [9.17, 15) is 9.18 Å². The third-order valence-corrected chi connectivity index (χ3v) is 4.50. The summed E-state index contributed by atoms with van der Waals surface area (Å²) in [6.07, 6.45) is 1.55. The van der Waals surface area contributed by atoms with Crippen LogP contribution in [0.15, 0.2) is 47.4 Å². The minimum Gasteiger partial charge on any atom is -0.497 e. The van der Waals surface area contributed by atoms with E-state index in [4.69, 9.17) is 21.1 Å². The van der Waals surface area contributed by atoms with Crippen LogP contribution in [0.5, 0.6) is 11.5 Å². The molecule has 0 aliphatic rings. The fourth-order valence-corrected chi connectivity index (χ4v) is 2.85. The van der Waals surface area contributed by atoms with E-state index in [1.807, 2.05) is 25.1 Å². The summed E-state index contributed by atoms with van der Waals surface area (Å²) >= 11 is 5.88. The van der Waals surface area contributed by atoms with Gasteiger partial charge in [-0.15, -0.1) is 0 Å². The normalized spacial score (nSPS) is 10.6. The summed E-state index contributed by atoms with van der Waals surface area (Å²) < 4.78 is 25.5. The molecule has 6 nitrogen and oxygen atoms in total. The molecule has 1 N–H and O–H groups in total. The fourth-order valence-electron chi connectivity index (χ4n) is 2.65. The average molecular weight is 404 g/mol. The van der Waals surface area contributed by atoms with Gasteiger partial charge >= 0.3 is 5.56 Å². The van der Waals surface area contributed by atoms with Crippen molar-refractivity contribution in [3.05, 3.63) is 74.9 Å². The molecule has 8 heteroatoms. The van der Waals surface area contributed by atoms with Gasteiger partial charge in [-0.3, -0.25) is 4.79 Å². The Labute approximate surface area is 166 Å². The lowest BCUT2D eigenvalue weighted by Gasteiger charge is -2.17. The molecular weight excluding hydrogens is 385 g/mol. The van der Waals surface area contributed by atoms with Crippen LogP contribution in [0.25, 0.3) is 0 Å². The highest BCUT2D eigenvalue weighted by molar-refractivity contribution is 6.30. The first kappa shape index (κ1) is 19.7. The predicted molar refractivity (Wildman–Crippen MR) is 107 cm³/mol. The Hall–Kier alpha value is -3.06. The second-order valence-corrected chi connectivity index (χ2v) is 6.53. The maximum Gasteiger partial charge on any atom is 0.316 e. The molecule has 146 valence electrons. The SMILES string of the molecule is COc1ccc(C)c(Nc2nc(=O)c(OC)cn2Cc2ccc(F)c(Cl)c2)c1. The largest absolute Gasteiger partial charge is 0.497 e. The lowest BCUT2D eigenvalue weighted by atomic mass is 10.2. The van der Waals surface area contributed by atoms with Crippen LogP contribution >= 0.6 is 11.6 Å².